The predicted octanol–water partition coefficient (Wildman–Crippen LogP) is 4.62. The molecule has 1 spiro atoms. The Morgan fingerprint density at radius 2 is 1.64 bits per heavy atom. The van der Waals surface area contributed by atoms with Crippen LogP contribution in [0.4, 0.5) is 8.78 Å². The Bertz CT molecular complexity index is 1260. The number of carbonyl (C=O) groups is 2. The molecule has 1 saturated carbocycles. The largest absolute Gasteiger partial charge is 0.423 e. The topological polar surface area (TPSA) is 96.8 Å². The van der Waals surface area contributed by atoms with Crippen LogP contribution in [0.25, 0.3) is 11.4 Å². The molecule has 10 heteroatoms. The number of rotatable bonds is 5. The van der Waals surface area contributed by atoms with Gasteiger partial charge in [-0.3, -0.25) is 0 Å². The molecule has 2 aliphatic rings. The number of benzene rings is 2. The smallest absolute Gasteiger partial charge is 0.346 e. The molecular formula is C26H22F2N2O6. The highest BCUT2D eigenvalue weighted by molar-refractivity contribution is 5.91. The zero-order valence-corrected chi connectivity index (χ0v) is 19.1. The van der Waals surface area contributed by atoms with Crippen LogP contribution in [-0.2, 0) is 14.3 Å². The van der Waals surface area contributed by atoms with Crippen molar-refractivity contribution < 1.29 is 37.3 Å². The van der Waals surface area contributed by atoms with Gasteiger partial charge in [-0.2, -0.15) is 0 Å². The minimum Gasteiger partial charge on any atom is -0.423 e. The fourth-order valence-corrected chi connectivity index (χ4v) is 4.21. The van der Waals surface area contributed by atoms with Gasteiger partial charge in [-0.1, -0.05) is 6.42 Å². The van der Waals surface area contributed by atoms with Crippen molar-refractivity contribution in [2.24, 2.45) is 0 Å². The maximum Gasteiger partial charge on any atom is 0.346 e. The second-order valence-corrected chi connectivity index (χ2v) is 8.59. The first-order chi connectivity index (χ1) is 17.4. The number of carbonyl (C=O) groups excluding carboxylic acids is 2. The minimum absolute atomic E-state index is 0.155. The van der Waals surface area contributed by atoms with E-state index >= 15 is 0 Å². The standard InChI is InChI=1S/C26H22F2N2O6/c27-17-6-9-20(21(28)12-17)24(31)34-18-7-4-16(5-8-18)23-29-13-19(14-30-23)35-25(32)22-15-33-26(36-22)10-2-1-3-11-26/h4-9,12-14,22H,1-3,10-11,15H2/t22-/m1/s1. The third-order valence-corrected chi connectivity index (χ3v) is 6.05. The van der Waals surface area contributed by atoms with Crippen LogP contribution in [0.15, 0.2) is 54.9 Å². The first-order valence-corrected chi connectivity index (χ1v) is 11.5. The maximum atomic E-state index is 13.8. The number of hydrogen-bond acceptors (Lipinski definition) is 8. The molecule has 1 aliphatic heterocycles. The van der Waals surface area contributed by atoms with Gasteiger partial charge in [-0.25, -0.2) is 28.3 Å². The second kappa shape index (κ2) is 10.1. The lowest BCUT2D eigenvalue weighted by atomic mass is 9.94. The summed E-state index contributed by atoms with van der Waals surface area (Å²) in [5.74, 6) is -3.30. The number of aromatic nitrogens is 2. The highest BCUT2D eigenvalue weighted by Gasteiger charge is 2.45. The molecule has 1 aliphatic carbocycles. The van der Waals surface area contributed by atoms with Gasteiger partial charge < -0.3 is 18.9 Å². The molecule has 2 aromatic carbocycles. The monoisotopic (exact) mass is 496 g/mol. The van der Waals surface area contributed by atoms with E-state index in [0.717, 1.165) is 44.2 Å². The van der Waals surface area contributed by atoms with Crippen LogP contribution in [0.5, 0.6) is 11.5 Å². The van der Waals surface area contributed by atoms with Gasteiger partial charge in [0, 0.05) is 24.5 Å². The van der Waals surface area contributed by atoms with Gasteiger partial charge in [0.15, 0.2) is 23.5 Å². The predicted molar refractivity (Wildman–Crippen MR) is 121 cm³/mol. The lowest BCUT2D eigenvalue weighted by Crippen LogP contribution is -2.35. The fraction of sp³-hybridized carbons (Fsp3) is 0.308. The van der Waals surface area contributed by atoms with E-state index < -0.39 is 35.5 Å². The third-order valence-electron chi connectivity index (χ3n) is 6.05. The molecule has 2 heterocycles. The molecule has 0 N–H and O–H groups in total. The zero-order chi connectivity index (χ0) is 25.1. The van der Waals surface area contributed by atoms with Gasteiger partial charge in [0.05, 0.1) is 24.6 Å². The minimum atomic E-state index is -1.01. The number of nitrogens with zero attached hydrogens (tertiary/aromatic N) is 2. The van der Waals surface area contributed by atoms with Crippen molar-refractivity contribution in [2.45, 2.75) is 44.0 Å². The summed E-state index contributed by atoms with van der Waals surface area (Å²) in [6.07, 6.45) is 6.65. The lowest BCUT2D eigenvalue weighted by Gasteiger charge is -2.31. The van der Waals surface area contributed by atoms with Crippen molar-refractivity contribution in [3.8, 4) is 22.9 Å². The molecule has 2 fully saturated rings. The van der Waals surface area contributed by atoms with Crippen molar-refractivity contribution >= 4 is 11.9 Å². The van der Waals surface area contributed by atoms with Gasteiger partial charge >= 0.3 is 11.9 Å². The van der Waals surface area contributed by atoms with Crippen molar-refractivity contribution in [1.29, 1.82) is 0 Å². The molecule has 0 amide bonds. The molecule has 0 radical (unpaired) electrons. The Morgan fingerprint density at radius 3 is 2.33 bits per heavy atom. The molecule has 1 saturated heterocycles. The van der Waals surface area contributed by atoms with E-state index in [1.165, 1.54) is 24.5 Å². The molecule has 3 aromatic rings. The SMILES string of the molecule is O=C(Oc1ccc(-c2ncc(OC(=O)[C@H]3COC4(CCCCC4)O3)cn2)cc1)c1ccc(F)cc1F. The van der Waals surface area contributed by atoms with E-state index in [1.54, 1.807) is 12.1 Å². The molecule has 8 nitrogen and oxygen atoms in total. The van der Waals surface area contributed by atoms with Crippen LogP contribution in [0.3, 0.4) is 0 Å². The van der Waals surface area contributed by atoms with E-state index in [2.05, 4.69) is 9.97 Å². The second-order valence-electron chi connectivity index (χ2n) is 8.59. The van der Waals surface area contributed by atoms with Crippen molar-refractivity contribution in [1.82, 2.24) is 9.97 Å². The highest BCUT2D eigenvalue weighted by Crippen LogP contribution is 2.38. The quantitative estimate of drug-likeness (QED) is 0.373. The average Bonchev–Trinajstić information content (AvgIpc) is 3.28. The summed E-state index contributed by atoms with van der Waals surface area (Å²) in [7, 11) is 0. The van der Waals surface area contributed by atoms with Crippen LogP contribution >= 0.6 is 0 Å². The molecule has 5 rings (SSSR count). The number of halogens is 2. The first kappa shape index (κ1) is 24.0. The van der Waals surface area contributed by atoms with Crippen LogP contribution in [-0.4, -0.2) is 40.4 Å². The fourth-order valence-electron chi connectivity index (χ4n) is 4.21. The third kappa shape index (κ3) is 5.24. The zero-order valence-electron chi connectivity index (χ0n) is 19.1. The summed E-state index contributed by atoms with van der Waals surface area (Å²) in [6, 6.07) is 8.80. The lowest BCUT2D eigenvalue weighted by molar-refractivity contribution is -0.193. The Hall–Kier alpha value is -3.76. The van der Waals surface area contributed by atoms with Gasteiger partial charge in [-0.05, 0) is 49.2 Å². The first-order valence-electron chi connectivity index (χ1n) is 11.5. The maximum absolute atomic E-state index is 13.8. The van der Waals surface area contributed by atoms with Gasteiger partial charge in [0.1, 0.15) is 17.4 Å². The number of hydrogen-bond donors (Lipinski definition) is 0. The van der Waals surface area contributed by atoms with Crippen molar-refractivity contribution in [3.05, 3.63) is 72.1 Å². The van der Waals surface area contributed by atoms with Gasteiger partial charge in [0.25, 0.3) is 0 Å². The Kier molecular flexibility index (Phi) is 6.71. The van der Waals surface area contributed by atoms with E-state index in [-0.39, 0.29) is 23.7 Å². The van der Waals surface area contributed by atoms with Crippen LogP contribution in [0, 0.1) is 11.6 Å². The Labute approximate surface area is 205 Å². The highest BCUT2D eigenvalue weighted by atomic mass is 19.1. The summed E-state index contributed by atoms with van der Waals surface area (Å²) < 4.78 is 49.0. The van der Waals surface area contributed by atoms with Crippen molar-refractivity contribution in [3.63, 3.8) is 0 Å². The summed E-state index contributed by atoms with van der Waals surface area (Å²) >= 11 is 0. The number of ether oxygens (including phenoxy) is 4. The average molecular weight is 496 g/mol. The molecular weight excluding hydrogens is 474 g/mol. The molecule has 36 heavy (non-hydrogen) atoms. The number of esters is 2. The van der Waals surface area contributed by atoms with Crippen molar-refractivity contribution in [2.75, 3.05) is 6.61 Å². The van der Waals surface area contributed by atoms with Crippen LogP contribution in [0.1, 0.15) is 42.5 Å². The Balaban J connectivity index is 1.18. The van der Waals surface area contributed by atoms with Crippen LogP contribution < -0.4 is 9.47 Å². The summed E-state index contributed by atoms with van der Waals surface area (Å²) in [5.41, 5.74) is 0.227. The summed E-state index contributed by atoms with van der Waals surface area (Å²) in [5, 5.41) is 0. The molecule has 1 atom stereocenters. The Morgan fingerprint density at radius 1 is 0.917 bits per heavy atom. The van der Waals surface area contributed by atoms with Gasteiger partial charge in [-0.15, -0.1) is 0 Å². The van der Waals surface area contributed by atoms with E-state index in [9.17, 15) is 18.4 Å². The van der Waals surface area contributed by atoms with Crippen LogP contribution in [0.2, 0.25) is 0 Å². The summed E-state index contributed by atoms with van der Waals surface area (Å²) in [6.45, 7) is 0.155. The van der Waals surface area contributed by atoms with Gasteiger partial charge in [0.2, 0.25) is 0 Å². The molecule has 186 valence electrons. The van der Waals surface area contributed by atoms with E-state index in [4.69, 9.17) is 18.9 Å². The molecule has 1 aromatic heterocycles. The summed E-state index contributed by atoms with van der Waals surface area (Å²) in [4.78, 5) is 33.1. The normalized spacial score (nSPS) is 18.7. The molecule has 0 bridgehead atoms. The van der Waals surface area contributed by atoms with E-state index in [1.807, 2.05) is 0 Å². The molecule has 0 unspecified atom stereocenters. The van der Waals surface area contributed by atoms with E-state index in [0.29, 0.717) is 17.5 Å².